The molecule has 10 atom stereocenters. The number of nitrogens with zero attached hydrogens (tertiary/aromatic N) is 3. The highest BCUT2D eigenvalue weighted by Gasteiger charge is 2.50. The van der Waals surface area contributed by atoms with Gasteiger partial charge in [-0.3, -0.25) is 0 Å². The molecule has 0 bridgehead atoms. The molecule has 16 heteroatoms. The van der Waals surface area contributed by atoms with Gasteiger partial charge in [0.25, 0.3) is 0 Å². The molecule has 0 amide bonds. The van der Waals surface area contributed by atoms with Crippen molar-refractivity contribution in [3.63, 3.8) is 0 Å². The molecule has 200 valence electrons. The number of nitrogens with one attached hydrogen (secondary N) is 1. The Morgan fingerprint density at radius 2 is 1.68 bits per heavy atom. The molecule has 2 fully saturated rings. The molecule has 0 aromatic carbocycles. The van der Waals surface area contributed by atoms with Gasteiger partial charge in [-0.25, -0.2) is 0 Å². The van der Waals surface area contributed by atoms with Crippen LogP contribution in [0.2, 0.25) is 0 Å². The molecule has 16 nitrogen and oxygen atoms in total. The summed E-state index contributed by atoms with van der Waals surface area (Å²) >= 11 is 0. The number of aliphatic hydroxyl groups excluding tert-OH is 6. The molecule has 2 heterocycles. The van der Waals surface area contributed by atoms with Gasteiger partial charge in [-0.15, -0.1) is 5.01 Å². The predicted octanol–water partition coefficient (Wildman–Crippen LogP) is -4.41. The van der Waals surface area contributed by atoms with Crippen molar-refractivity contribution < 1.29 is 54.6 Å². The Morgan fingerprint density at radius 3 is 2.26 bits per heavy atom. The van der Waals surface area contributed by atoms with E-state index in [2.05, 4.69) is 10.6 Å². The van der Waals surface area contributed by atoms with E-state index in [0.717, 1.165) is 5.01 Å². The minimum absolute atomic E-state index is 0.0262. The van der Waals surface area contributed by atoms with E-state index in [-0.39, 0.29) is 37.8 Å². The van der Waals surface area contributed by atoms with Gasteiger partial charge in [0.15, 0.2) is 6.29 Å². The third-order valence-corrected chi connectivity index (χ3v) is 5.85. The minimum atomic E-state index is -1.67. The number of ether oxygens (including phenoxy) is 4. The summed E-state index contributed by atoms with van der Waals surface area (Å²) in [5.41, 5.74) is 0. The van der Waals surface area contributed by atoms with Gasteiger partial charge in [-0.05, 0) is 12.2 Å². The maximum absolute atomic E-state index is 11.9. The van der Waals surface area contributed by atoms with Crippen molar-refractivity contribution in [3.8, 4) is 0 Å². The average Bonchev–Trinajstić information content (AvgIpc) is 2.83. The van der Waals surface area contributed by atoms with Crippen LogP contribution in [0.15, 0.2) is 5.28 Å². The van der Waals surface area contributed by atoms with Crippen LogP contribution in [0.3, 0.4) is 0 Å². The van der Waals surface area contributed by atoms with Crippen LogP contribution in [0.1, 0.15) is 6.92 Å². The summed E-state index contributed by atoms with van der Waals surface area (Å²) in [6, 6.07) is 0. The van der Waals surface area contributed by atoms with Crippen LogP contribution in [-0.2, 0) is 18.9 Å². The van der Waals surface area contributed by atoms with Crippen molar-refractivity contribution in [2.75, 3.05) is 46.5 Å². The molecule has 2 aliphatic heterocycles. The highest BCUT2D eigenvalue weighted by molar-refractivity contribution is 4.95. The summed E-state index contributed by atoms with van der Waals surface area (Å²) in [6.07, 6.45) is -13.1. The molecule has 0 radical (unpaired) electrons. The van der Waals surface area contributed by atoms with Crippen molar-refractivity contribution in [3.05, 3.63) is 10.4 Å². The van der Waals surface area contributed by atoms with Gasteiger partial charge in [0.2, 0.25) is 0 Å². The lowest BCUT2D eigenvalue weighted by molar-refractivity contribution is -0.692. The first-order chi connectivity index (χ1) is 16.2. The SMILES string of the molecule is COC1[C@@H](CN(CCNCCO)/[N+]([O-])=N/[O-])O[C@H](OC2[C@@H](CO)O[C@H](C)[C@H](O)[C@H]2O)[C@H](O)[C@H]1O. The Bertz CT molecular complexity index is 632. The van der Waals surface area contributed by atoms with Crippen LogP contribution in [0.25, 0.3) is 0 Å². The summed E-state index contributed by atoms with van der Waals surface area (Å²) in [7, 11) is 1.25. The molecular formula is C18H35N4O12-. The summed E-state index contributed by atoms with van der Waals surface area (Å²) in [4.78, 5) is -0.206. The van der Waals surface area contributed by atoms with Gasteiger partial charge in [0.1, 0.15) is 55.4 Å². The number of rotatable bonds is 12. The molecule has 0 aromatic rings. The monoisotopic (exact) mass is 499 g/mol. The van der Waals surface area contributed by atoms with Crippen LogP contribution < -0.4 is 5.32 Å². The topological polar surface area (TPSA) is 235 Å². The predicted molar refractivity (Wildman–Crippen MR) is 111 cm³/mol. The fraction of sp³-hybridized carbons (Fsp3) is 1.00. The normalized spacial score (nSPS) is 39.2. The summed E-state index contributed by atoms with van der Waals surface area (Å²) in [6.45, 7) is 0.911. The zero-order valence-electron chi connectivity index (χ0n) is 19.0. The maximum Gasteiger partial charge on any atom is 0.187 e. The molecule has 0 spiro atoms. The fourth-order valence-corrected chi connectivity index (χ4v) is 3.97. The standard InChI is InChI=1S/C18H36N4O12/c1-9-12(25)13(26)17(11(8-24)32-9)34-18-15(28)14(27)16(31-2)10(33-18)7-21(22(30)20-29)5-3-19-4-6-23/h9-19,23-29H,3-8H2,1-2H3/p-1/b22-20-/t9-,10-,11-,12+,13-,14-,15-,16?,17?,18-/m1/s1. The summed E-state index contributed by atoms with van der Waals surface area (Å²) in [5, 5.41) is 89.0. The molecule has 2 unspecified atom stereocenters. The third kappa shape index (κ3) is 6.82. The number of hydrogen-bond donors (Lipinski definition) is 7. The Morgan fingerprint density at radius 1 is 1.00 bits per heavy atom. The zero-order chi connectivity index (χ0) is 25.4. The fourth-order valence-electron chi connectivity index (χ4n) is 3.97. The van der Waals surface area contributed by atoms with E-state index < -0.39 is 67.8 Å². The van der Waals surface area contributed by atoms with Crippen molar-refractivity contribution in [1.82, 2.24) is 10.3 Å². The molecule has 0 aromatic heterocycles. The highest BCUT2D eigenvalue weighted by atomic mass is 16.7. The van der Waals surface area contributed by atoms with Crippen LogP contribution in [-0.4, -0.2) is 148 Å². The number of methoxy groups -OCH3 is 1. The van der Waals surface area contributed by atoms with Crippen LogP contribution in [0, 0.1) is 10.4 Å². The molecule has 7 N–H and O–H groups in total. The molecular weight excluding hydrogens is 464 g/mol. The first-order valence-corrected chi connectivity index (χ1v) is 10.9. The lowest BCUT2D eigenvalue weighted by atomic mass is 9.94. The van der Waals surface area contributed by atoms with Gasteiger partial charge in [0.05, 0.1) is 25.9 Å². The van der Waals surface area contributed by atoms with Crippen LogP contribution >= 0.6 is 0 Å². The van der Waals surface area contributed by atoms with E-state index in [4.69, 9.17) is 24.1 Å². The van der Waals surface area contributed by atoms with E-state index in [9.17, 15) is 35.9 Å². The summed E-state index contributed by atoms with van der Waals surface area (Å²) in [5.74, 6) is 0. The van der Waals surface area contributed by atoms with Gasteiger partial charge in [0, 0.05) is 25.2 Å². The Hall–Kier alpha value is -1.44. The Kier molecular flexibility index (Phi) is 11.5. The Balaban J connectivity index is 2.17. The smallest absolute Gasteiger partial charge is 0.187 e. The lowest BCUT2D eigenvalue weighted by Crippen LogP contribution is -2.65. The van der Waals surface area contributed by atoms with Crippen LogP contribution in [0.5, 0.6) is 0 Å². The molecule has 2 rings (SSSR count). The third-order valence-electron chi connectivity index (χ3n) is 5.85. The van der Waals surface area contributed by atoms with E-state index in [1.54, 1.807) is 0 Å². The van der Waals surface area contributed by atoms with Crippen molar-refractivity contribution in [2.24, 2.45) is 5.28 Å². The van der Waals surface area contributed by atoms with Crippen molar-refractivity contribution in [1.29, 1.82) is 0 Å². The summed E-state index contributed by atoms with van der Waals surface area (Å²) < 4.78 is 22.0. The lowest BCUT2D eigenvalue weighted by Gasteiger charge is -2.46. The molecule has 0 aliphatic carbocycles. The quantitative estimate of drug-likeness (QED) is 0.0581. The van der Waals surface area contributed by atoms with Gasteiger partial charge < -0.3 is 65.3 Å². The maximum atomic E-state index is 11.9. The van der Waals surface area contributed by atoms with Gasteiger partial charge >= 0.3 is 0 Å². The second kappa shape index (κ2) is 13.6. The largest absolute Gasteiger partial charge is 0.737 e. The van der Waals surface area contributed by atoms with Gasteiger partial charge in [-0.1, -0.05) is 0 Å². The van der Waals surface area contributed by atoms with Crippen molar-refractivity contribution in [2.45, 2.75) is 68.1 Å². The van der Waals surface area contributed by atoms with Gasteiger partial charge in [-0.2, -0.15) is 0 Å². The number of aliphatic hydroxyl groups is 6. The Labute approximate surface area is 196 Å². The molecule has 2 saturated heterocycles. The number of hydrogen-bond acceptors (Lipinski definition) is 14. The first kappa shape index (κ1) is 28.8. The van der Waals surface area contributed by atoms with E-state index in [1.165, 1.54) is 14.0 Å². The van der Waals surface area contributed by atoms with E-state index >= 15 is 0 Å². The minimum Gasteiger partial charge on any atom is -0.737 e. The second-order valence-electron chi connectivity index (χ2n) is 8.09. The average molecular weight is 499 g/mol. The zero-order valence-corrected chi connectivity index (χ0v) is 19.0. The molecule has 0 saturated carbocycles. The highest BCUT2D eigenvalue weighted by Crippen LogP contribution is 2.30. The number of hydrazine groups is 1. The molecule has 34 heavy (non-hydrogen) atoms. The second-order valence-corrected chi connectivity index (χ2v) is 8.09. The first-order valence-electron chi connectivity index (χ1n) is 10.9. The van der Waals surface area contributed by atoms with Crippen molar-refractivity contribution >= 4 is 0 Å². The van der Waals surface area contributed by atoms with Crippen LogP contribution in [0.4, 0.5) is 0 Å². The van der Waals surface area contributed by atoms with E-state index in [0.29, 0.717) is 0 Å². The molecule has 2 aliphatic rings. The van der Waals surface area contributed by atoms with E-state index in [1.807, 2.05) is 0 Å².